The van der Waals surface area contributed by atoms with Crippen LogP contribution in [0.1, 0.15) is 47.6 Å². The van der Waals surface area contributed by atoms with Crippen LogP contribution in [0.25, 0.3) is 83.1 Å². The second kappa shape index (κ2) is 12.9. The Hall–Kier alpha value is -7.22. The monoisotopic (exact) mass is 751 g/mol. The van der Waals surface area contributed by atoms with Crippen LogP contribution in [-0.4, -0.2) is 4.57 Å². The van der Waals surface area contributed by atoms with Crippen molar-refractivity contribution in [1.29, 1.82) is 0 Å². The zero-order chi connectivity index (χ0) is 39.2. The van der Waals surface area contributed by atoms with Crippen LogP contribution in [0.2, 0.25) is 0 Å². The fourth-order valence-electron chi connectivity index (χ4n) is 10.4. The summed E-state index contributed by atoms with van der Waals surface area (Å²) in [6.07, 6.45) is 0. The standard InChI is InChI=1S/C58H41N/c1-58(2)53-23-12-11-21-46(53)50-35-52-51-34-42(27-31-55(51)59(56(52)36-54(50)58)44-28-24-39(25-29-44)37-14-5-3-6-15-37)41-26-30-48-49(33-41)45-20-9-10-22-47(45)57(48)43-19-13-18-40(32-43)38-16-7-4-8-17-38/h3-36,57H,1-2H3/t57-/m1/s1. The lowest BCUT2D eigenvalue weighted by atomic mass is 9.82. The highest BCUT2D eigenvalue weighted by atomic mass is 15.0. The van der Waals surface area contributed by atoms with Crippen molar-refractivity contribution in [2.45, 2.75) is 25.2 Å². The van der Waals surface area contributed by atoms with Crippen LogP contribution < -0.4 is 0 Å². The maximum Gasteiger partial charge on any atom is 0.0544 e. The van der Waals surface area contributed by atoms with E-state index in [-0.39, 0.29) is 11.3 Å². The SMILES string of the molecule is CC1(C)c2ccccc2-c2cc3c4cc(-c5ccc6c(c5)-c5ccccc5[C@H]6c5cccc(-c6ccccc6)c5)ccc4n(-c4ccc(-c5ccccc5)cc4)c3cc21. The molecule has 0 N–H and O–H groups in total. The van der Waals surface area contributed by atoms with E-state index in [2.05, 4.69) is 225 Å². The molecule has 0 saturated heterocycles. The summed E-state index contributed by atoms with van der Waals surface area (Å²) in [6.45, 7) is 4.75. The van der Waals surface area contributed by atoms with Crippen LogP contribution in [0.15, 0.2) is 206 Å². The summed E-state index contributed by atoms with van der Waals surface area (Å²) < 4.78 is 2.48. The molecular formula is C58H41N. The Kier molecular flexibility index (Phi) is 7.40. The lowest BCUT2D eigenvalue weighted by Crippen LogP contribution is -2.14. The Morgan fingerprint density at radius 2 is 0.932 bits per heavy atom. The van der Waals surface area contributed by atoms with Gasteiger partial charge in [-0.2, -0.15) is 0 Å². The van der Waals surface area contributed by atoms with Gasteiger partial charge >= 0.3 is 0 Å². The molecule has 0 spiro atoms. The summed E-state index contributed by atoms with van der Waals surface area (Å²) in [7, 11) is 0. The highest BCUT2D eigenvalue weighted by molar-refractivity contribution is 6.13. The molecule has 0 unspecified atom stereocenters. The van der Waals surface area contributed by atoms with Crippen molar-refractivity contribution in [3.63, 3.8) is 0 Å². The molecule has 1 aromatic heterocycles. The Balaban J connectivity index is 1.02. The van der Waals surface area contributed by atoms with Crippen LogP contribution in [0, 0.1) is 0 Å². The first-order valence-electron chi connectivity index (χ1n) is 20.8. The number of benzene rings is 9. The van der Waals surface area contributed by atoms with Gasteiger partial charge in [-0.3, -0.25) is 0 Å². The van der Waals surface area contributed by atoms with Crippen molar-refractivity contribution in [3.05, 3.63) is 234 Å². The first-order chi connectivity index (χ1) is 29.0. The molecule has 0 saturated carbocycles. The van der Waals surface area contributed by atoms with E-state index in [9.17, 15) is 0 Å². The minimum absolute atomic E-state index is 0.0921. The molecule has 2 aliphatic carbocycles. The van der Waals surface area contributed by atoms with Gasteiger partial charge in [0.15, 0.2) is 0 Å². The molecule has 0 amide bonds. The van der Waals surface area contributed by atoms with Crippen LogP contribution in [0.4, 0.5) is 0 Å². The maximum absolute atomic E-state index is 2.48. The third-order valence-electron chi connectivity index (χ3n) is 13.3. The van der Waals surface area contributed by atoms with Crippen LogP contribution in [0.3, 0.4) is 0 Å². The lowest BCUT2D eigenvalue weighted by molar-refractivity contribution is 0.661. The predicted molar refractivity (Wildman–Crippen MR) is 247 cm³/mol. The van der Waals surface area contributed by atoms with E-state index >= 15 is 0 Å². The van der Waals surface area contributed by atoms with E-state index in [0.717, 1.165) is 0 Å². The average molecular weight is 752 g/mol. The summed E-state index contributed by atoms with van der Waals surface area (Å²) >= 11 is 0. The van der Waals surface area contributed by atoms with E-state index in [1.54, 1.807) is 0 Å². The molecule has 1 atom stereocenters. The summed E-state index contributed by atoms with van der Waals surface area (Å²) in [6, 6.07) is 76.8. The van der Waals surface area contributed by atoms with Crippen LogP contribution >= 0.6 is 0 Å². The third kappa shape index (κ3) is 5.18. The number of rotatable bonds is 5. The molecule has 0 fully saturated rings. The number of aromatic nitrogens is 1. The predicted octanol–water partition coefficient (Wildman–Crippen LogP) is 15.3. The molecular weight excluding hydrogens is 711 g/mol. The minimum Gasteiger partial charge on any atom is -0.309 e. The lowest BCUT2D eigenvalue weighted by Gasteiger charge is -2.21. The van der Waals surface area contributed by atoms with Gasteiger partial charge < -0.3 is 4.57 Å². The van der Waals surface area contributed by atoms with Crippen molar-refractivity contribution >= 4 is 21.8 Å². The Labute approximate surface area is 345 Å². The Bertz CT molecular complexity index is 3270. The smallest absolute Gasteiger partial charge is 0.0544 e. The zero-order valence-electron chi connectivity index (χ0n) is 33.2. The van der Waals surface area contributed by atoms with E-state index in [1.165, 1.54) is 111 Å². The van der Waals surface area contributed by atoms with E-state index in [1.807, 2.05) is 0 Å². The van der Waals surface area contributed by atoms with Crippen molar-refractivity contribution in [3.8, 4) is 61.3 Å². The first-order valence-corrected chi connectivity index (χ1v) is 20.8. The van der Waals surface area contributed by atoms with Gasteiger partial charge in [-0.25, -0.2) is 0 Å². The summed E-state index contributed by atoms with van der Waals surface area (Å²) in [4.78, 5) is 0. The highest BCUT2D eigenvalue weighted by Gasteiger charge is 2.36. The topological polar surface area (TPSA) is 4.93 Å². The largest absolute Gasteiger partial charge is 0.309 e. The van der Waals surface area contributed by atoms with E-state index in [4.69, 9.17) is 0 Å². The normalized spacial score (nSPS) is 14.6. The van der Waals surface area contributed by atoms with Crippen LogP contribution in [-0.2, 0) is 5.41 Å². The quantitative estimate of drug-likeness (QED) is 0.165. The molecule has 2 aliphatic rings. The molecule has 12 rings (SSSR count). The molecule has 9 aromatic carbocycles. The van der Waals surface area contributed by atoms with Crippen LogP contribution in [0.5, 0.6) is 0 Å². The summed E-state index contributed by atoms with van der Waals surface area (Å²) in [5.41, 5.74) is 23.2. The average Bonchev–Trinajstić information content (AvgIpc) is 3.88. The molecule has 1 nitrogen and oxygen atoms in total. The fraction of sp³-hybridized carbons (Fsp3) is 0.0690. The van der Waals surface area contributed by atoms with Gasteiger partial charge in [-0.1, -0.05) is 178 Å². The minimum atomic E-state index is -0.0921. The van der Waals surface area contributed by atoms with Crippen molar-refractivity contribution in [2.24, 2.45) is 0 Å². The maximum atomic E-state index is 2.48. The molecule has 0 radical (unpaired) electrons. The van der Waals surface area contributed by atoms with Gasteiger partial charge in [0.1, 0.15) is 0 Å². The number of fused-ring (bicyclic) bond motifs is 9. The van der Waals surface area contributed by atoms with Gasteiger partial charge in [0, 0.05) is 27.8 Å². The summed E-state index contributed by atoms with van der Waals surface area (Å²) in [5.74, 6) is 0.182. The highest BCUT2D eigenvalue weighted by Crippen LogP contribution is 2.52. The second-order valence-corrected chi connectivity index (χ2v) is 16.9. The number of nitrogens with zero attached hydrogens (tertiary/aromatic N) is 1. The number of hydrogen-bond acceptors (Lipinski definition) is 0. The second-order valence-electron chi connectivity index (χ2n) is 16.9. The van der Waals surface area contributed by atoms with Gasteiger partial charge in [-0.15, -0.1) is 0 Å². The van der Waals surface area contributed by atoms with E-state index < -0.39 is 0 Å². The van der Waals surface area contributed by atoms with Crippen molar-refractivity contribution in [2.75, 3.05) is 0 Å². The zero-order valence-corrected chi connectivity index (χ0v) is 33.2. The van der Waals surface area contributed by atoms with Gasteiger partial charge in [-0.05, 0) is 126 Å². The summed E-state index contributed by atoms with van der Waals surface area (Å²) in [5, 5.41) is 2.55. The van der Waals surface area contributed by atoms with Gasteiger partial charge in [0.2, 0.25) is 0 Å². The molecule has 1 heterocycles. The molecule has 1 heteroatoms. The molecule has 278 valence electrons. The van der Waals surface area contributed by atoms with Gasteiger partial charge in [0.05, 0.1) is 11.0 Å². The van der Waals surface area contributed by atoms with Crippen molar-refractivity contribution < 1.29 is 0 Å². The molecule has 0 aliphatic heterocycles. The van der Waals surface area contributed by atoms with Gasteiger partial charge in [0.25, 0.3) is 0 Å². The Morgan fingerprint density at radius 1 is 0.356 bits per heavy atom. The fourth-order valence-corrected chi connectivity index (χ4v) is 10.4. The Morgan fingerprint density at radius 3 is 1.73 bits per heavy atom. The third-order valence-corrected chi connectivity index (χ3v) is 13.3. The number of hydrogen-bond donors (Lipinski definition) is 0. The molecule has 10 aromatic rings. The first kappa shape index (κ1) is 33.9. The van der Waals surface area contributed by atoms with Crippen molar-refractivity contribution in [1.82, 2.24) is 4.57 Å². The van der Waals surface area contributed by atoms with E-state index in [0.29, 0.717) is 0 Å². The molecule has 0 bridgehead atoms. The molecule has 59 heavy (non-hydrogen) atoms.